The molecule has 0 atom stereocenters. The maximum Gasteiger partial charge on any atom is 0.336 e. The summed E-state index contributed by atoms with van der Waals surface area (Å²) < 4.78 is 11.4. The molecule has 0 amide bonds. The average Bonchev–Trinajstić information content (AvgIpc) is 2.56. The third-order valence-electron chi connectivity index (χ3n) is 4.36. The van der Waals surface area contributed by atoms with Crippen molar-refractivity contribution in [1.29, 1.82) is 0 Å². The summed E-state index contributed by atoms with van der Waals surface area (Å²) in [7, 11) is 0. The summed E-state index contributed by atoms with van der Waals surface area (Å²) in [4.78, 5) is 11.9. The maximum atomic E-state index is 11.9. The van der Waals surface area contributed by atoms with Gasteiger partial charge in [-0.25, -0.2) is 4.79 Å². The first-order chi connectivity index (χ1) is 11.6. The van der Waals surface area contributed by atoms with Crippen molar-refractivity contribution in [2.24, 2.45) is 0 Å². The number of benzene rings is 2. The second-order valence-electron chi connectivity index (χ2n) is 6.12. The number of rotatable bonds is 5. The molecule has 0 radical (unpaired) electrons. The Morgan fingerprint density at radius 2 is 1.83 bits per heavy atom. The smallest absolute Gasteiger partial charge is 0.336 e. The fraction of sp³-hybridized carbons (Fsp3) is 0.286. The molecule has 2 aromatic carbocycles. The van der Waals surface area contributed by atoms with E-state index < -0.39 is 0 Å². The first-order valence-electron chi connectivity index (χ1n) is 8.33. The molecule has 3 rings (SSSR count). The minimum Gasteiger partial charge on any atom is -0.488 e. The van der Waals surface area contributed by atoms with Crippen molar-refractivity contribution < 1.29 is 9.15 Å². The highest BCUT2D eigenvalue weighted by molar-refractivity contribution is 5.84. The van der Waals surface area contributed by atoms with Gasteiger partial charge in [0.05, 0.1) is 0 Å². The Bertz CT molecular complexity index is 922. The molecule has 0 aliphatic rings. The molecule has 0 aliphatic carbocycles. The molecular weight excluding hydrogens is 300 g/mol. The Hall–Kier alpha value is -2.55. The van der Waals surface area contributed by atoms with Gasteiger partial charge in [0.25, 0.3) is 0 Å². The topological polar surface area (TPSA) is 39.4 Å². The van der Waals surface area contributed by atoms with Crippen LogP contribution < -0.4 is 10.4 Å². The van der Waals surface area contributed by atoms with Crippen molar-refractivity contribution in [2.75, 3.05) is 0 Å². The number of ether oxygens (including phenoxy) is 1. The molecule has 0 spiro atoms. The van der Waals surface area contributed by atoms with Gasteiger partial charge in [-0.05, 0) is 49.1 Å². The van der Waals surface area contributed by atoms with E-state index in [1.54, 1.807) is 6.07 Å². The van der Waals surface area contributed by atoms with Crippen LogP contribution in [0.2, 0.25) is 0 Å². The molecular formula is C21H22O3. The van der Waals surface area contributed by atoms with Crippen LogP contribution in [0.25, 0.3) is 11.0 Å². The standard InChI is InChI=1S/C21H22O3/c1-4-7-16-12-20(22)24-21-15(3)19(11-10-18(16)21)23-13-17-9-6-5-8-14(17)2/h5-6,8-12H,4,7,13H2,1-3H3. The summed E-state index contributed by atoms with van der Waals surface area (Å²) in [6.45, 7) is 6.61. The van der Waals surface area contributed by atoms with Gasteiger partial charge in [0.1, 0.15) is 17.9 Å². The van der Waals surface area contributed by atoms with Gasteiger partial charge in [0.2, 0.25) is 0 Å². The quantitative estimate of drug-likeness (QED) is 0.624. The van der Waals surface area contributed by atoms with E-state index in [2.05, 4.69) is 26.0 Å². The summed E-state index contributed by atoms with van der Waals surface area (Å²) in [5, 5.41) is 0.997. The minimum absolute atomic E-state index is 0.301. The summed E-state index contributed by atoms with van der Waals surface area (Å²) in [6, 6.07) is 13.7. The van der Waals surface area contributed by atoms with E-state index in [-0.39, 0.29) is 5.63 Å². The van der Waals surface area contributed by atoms with E-state index in [1.165, 1.54) is 5.56 Å². The molecule has 0 N–H and O–H groups in total. The molecule has 24 heavy (non-hydrogen) atoms. The summed E-state index contributed by atoms with van der Waals surface area (Å²) >= 11 is 0. The lowest BCUT2D eigenvalue weighted by molar-refractivity contribution is 0.303. The van der Waals surface area contributed by atoms with E-state index in [0.717, 1.165) is 40.7 Å². The fourth-order valence-corrected chi connectivity index (χ4v) is 2.97. The van der Waals surface area contributed by atoms with E-state index in [0.29, 0.717) is 12.2 Å². The van der Waals surface area contributed by atoms with Crippen LogP contribution >= 0.6 is 0 Å². The van der Waals surface area contributed by atoms with Crippen LogP contribution in [0.4, 0.5) is 0 Å². The highest BCUT2D eigenvalue weighted by Gasteiger charge is 2.12. The normalized spacial score (nSPS) is 11.0. The SMILES string of the molecule is CCCc1cc(=O)oc2c(C)c(OCc3ccccc3C)ccc12. The molecule has 3 nitrogen and oxygen atoms in total. The Labute approximate surface area is 141 Å². The van der Waals surface area contributed by atoms with Crippen LogP contribution in [-0.2, 0) is 13.0 Å². The number of hydrogen-bond acceptors (Lipinski definition) is 3. The zero-order valence-electron chi connectivity index (χ0n) is 14.4. The fourth-order valence-electron chi connectivity index (χ4n) is 2.97. The lowest BCUT2D eigenvalue weighted by atomic mass is 10.0. The van der Waals surface area contributed by atoms with Crippen LogP contribution in [0.1, 0.15) is 35.6 Å². The summed E-state index contributed by atoms with van der Waals surface area (Å²) in [5.41, 5.74) is 4.60. The molecule has 0 aliphatic heterocycles. The lowest BCUT2D eigenvalue weighted by Crippen LogP contribution is -2.03. The molecule has 1 heterocycles. The number of hydrogen-bond donors (Lipinski definition) is 0. The summed E-state index contributed by atoms with van der Waals surface area (Å²) in [6.07, 6.45) is 1.86. The van der Waals surface area contributed by atoms with E-state index >= 15 is 0 Å². The van der Waals surface area contributed by atoms with Gasteiger partial charge in [-0.2, -0.15) is 0 Å². The van der Waals surface area contributed by atoms with Gasteiger partial charge in [-0.15, -0.1) is 0 Å². The Balaban J connectivity index is 1.97. The molecule has 0 fully saturated rings. The zero-order chi connectivity index (χ0) is 17.1. The van der Waals surface area contributed by atoms with Crippen LogP contribution in [-0.4, -0.2) is 0 Å². The van der Waals surface area contributed by atoms with Gasteiger partial charge < -0.3 is 9.15 Å². The molecule has 0 saturated heterocycles. The first kappa shape index (κ1) is 16.3. The van der Waals surface area contributed by atoms with Gasteiger partial charge in [0, 0.05) is 17.0 Å². The van der Waals surface area contributed by atoms with E-state index in [1.807, 2.05) is 31.2 Å². The van der Waals surface area contributed by atoms with Crippen molar-refractivity contribution in [3.05, 3.63) is 75.1 Å². The van der Waals surface area contributed by atoms with Crippen molar-refractivity contribution in [2.45, 2.75) is 40.2 Å². The number of aryl methyl sites for hydroxylation is 3. The van der Waals surface area contributed by atoms with Crippen molar-refractivity contribution in [3.63, 3.8) is 0 Å². The van der Waals surface area contributed by atoms with Gasteiger partial charge >= 0.3 is 5.63 Å². The third-order valence-corrected chi connectivity index (χ3v) is 4.36. The largest absolute Gasteiger partial charge is 0.488 e. The molecule has 124 valence electrons. The van der Waals surface area contributed by atoms with Crippen LogP contribution in [0, 0.1) is 13.8 Å². The highest BCUT2D eigenvalue weighted by Crippen LogP contribution is 2.29. The van der Waals surface area contributed by atoms with Crippen LogP contribution in [0.3, 0.4) is 0 Å². The van der Waals surface area contributed by atoms with Crippen molar-refractivity contribution in [3.8, 4) is 5.75 Å². The van der Waals surface area contributed by atoms with Crippen molar-refractivity contribution >= 4 is 11.0 Å². The molecule has 3 aromatic rings. The van der Waals surface area contributed by atoms with E-state index in [4.69, 9.17) is 9.15 Å². The van der Waals surface area contributed by atoms with Crippen LogP contribution in [0.5, 0.6) is 5.75 Å². The lowest BCUT2D eigenvalue weighted by Gasteiger charge is -2.13. The van der Waals surface area contributed by atoms with Gasteiger partial charge in [0.15, 0.2) is 0 Å². The second kappa shape index (κ2) is 6.91. The Morgan fingerprint density at radius 1 is 1.04 bits per heavy atom. The van der Waals surface area contributed by atoms with Gasteiger partial charge in [-0.3, -0.25) is 0 Å². The third kappa shape index (κ3) is 3.21. The molecule has 3 heteroatoms. The second-order valence-corrected chi connectivity index (χ2v) is 6.12. The average molecular weight is 322 g/mol. The Morgan fingerprint density at radius 3 is 2.58 bits per heavy atom. The van der Waals surface area contributed by atoms with E-state index in [9.17, 15) is 4.79 Å². The summed E-state index contributed by atoms with van der Waals surface area (Å²) in [5.74, 6) is 0.752. The highest BCUT2D eigenvalue weighted by atomic mass is 16.5. The zero-order valence-corrected chi connectivity index (χ0v) is 14.4. The molecule has 0 saturated carbocycles. The molecule has 0 unspecified atom stereocenters. The van der Waals surface area contributed by atoms with Crippen molar-refractivity contribution in [1.82, 2.24) is 0 Å². The predicted octanol–water partition coefficient (Wildman–Crippen LogP) is 4.94. The van der Waals surface area contributed by atoms with Gasteiger partial charge in [-0.1, -0.05) is 37.6 Å². The monoisotopic (exact) mass is 322 g/mol. The van der Waals surface area contributed by atoms with Crippen LogP contribution in [0.15, 0.2) is 51.7 Å². The maximum absolute atomic E-state index is 11.9. The predicted molar refractivity (Wildman–Crippen MR) is 96.7 cm³/mol. The minimum atomic E-state index is -0.301. The molecule has 0 bridgehead atoms. The molecule has 1 aromatic heterocycles. The Kier molecular flexibility index (Phi) is 4.70. The number of fused-ring (bicyclic) bond motifs is 1. The first-order valence-corrected chi connectivity index (χ1v) is 8.33.